The first-order chi connectivity index (χ1) is 9.48. The van der Waals surface area contributed by atoms with Crippen LogP contribution in [0.2, 0.25) is 0 Å². The first-order valence-corrected chi connectivity index (χ1v) is 8.28. The molecule has 1 heterocycles. The van der Waals surface area contributed by atoms with Gasteiger partial charge in [-0.05, 0) is 0 Å². The largest absolute Gasteiger partial charge is 1.00 e. The quantitative estimate of drug-likeness (QED) is 0.291. The molecule has 126 valence electrons. The second-order valence-electron chi connectivity index (χ2n) is 3.99. The van der Waals surface area contributed by atoms with Crippen LogP contribution in [0.15, 0.2) is 0 Å². The summed E-state index contributed by atoms with van der Waals surface area (Å²) >= 11 is 0. The van der Waals surface area contributed by atoms with E-state index in [1.165, 1.54) is 0 Å². The second-order valence-corrected chi connectivity index (χ2v) is 6.20. The van der Waals surface area contributed by atoms with Crippen molar-refractivity contribution in [2.75, 3.05) is 13.7 Å². The van der Waals surface area contributed by atoms with Crippen molar-refractivity contribution in [3.8, 4) is 0 Å². The fourth-order valence-electron chi connectivity index (χ4n) is 1.78. The molecule has 0 unspecified atom stereocenters. The monoisotopic (exact) mass is 442 g/mol. The summed E-state index contributed by atoms with van der Waals surface area (Å²) in [5.74, 6) is 0. The summed E-state index contributed by atoms with van der Waals surface area (Å²) in [4.78, 5) is 42.6. The predicted octanol–water partition coefficient (Wildman–Crippen LogP) is -16.8. The molecule has 0 aliphatic carbocycles. The number of aliphatic hydroxyl groups is 2. The molecule has 0 aromatic rings. The number of methoxy groups -OCH3 is 1. The minimum Gasteiger partial charge on any atom is -0.790 e. The summed E-state index contributed by atoms with van der Waals surface area (Å²) < 4.78 is 38.8. The van der Waals surface area contributed by atoms with Crippen LogP contribution in [-0.4, -0.2) is 54.6 Å². The van der Waals surface area contributed by atoms with E-state index >= 15 is 0 Å². The van der Waals surface area contributed by atoms with Crippen molar-refractivity contribution in [3.05, 3.63) is 0 Å². The summed E-state index contributed by atoms with van der Waals surface area (Å²) in [6.45, 7) is -0.931. The van der Waals surface area contributed by atoms with E-state index in [1.807, 2.05) is 0 Å². The van der Waals surface area contributed by atoms with Crippen LogP contribution in [0.3, 0.4) is 0 Å². The normalized spacial score (nSPS) is 29.3. The molecular weight excluding hydrogens is 430 g/mol. The molecule has 0 aromatic heterocycles. The number of rotatable bonds is 6. The van der Waals surface area contributed by atoms with E-state index in [0.29, 0.717) is 0 Å². The molecule has 0 radical (unpaired) electrons. The third kappa shape index (κ3) is 13.2. The van der Waals surface area contributed by atoms with Gasteiger partial charge in [0.1, 0.15) is 24.4 Å². The first kappa shape index (κ1) is 36.4. The molecule has 0 aromatic carbocycles. The molecule has 1 saturated heterocycles. The van der Waals surface area contributed by atoms with Crippen molar-refractivity contribution < 1.29 is 176 Å². The zero-order valence-corrected chi connectivity index (χ0v) is 24.3. The van der Waals surface area contributed by atoms with E-state index in [1.54, 1.807) is 0 Å². The zero-order valence-electron chi connectivity index (χ0n) is 14.5. The summed E-state index contributed by atoms with van der Waals surface area (Å²) in [5, 5.41) is 18.8. The molecule has 0 amide bonds. The fourth-order valence-corrected chi connectivity index (χ4v) is 2.88. The molecule has 1 aliphatic heterocycles. The Labute approximate surface area is 232 Å². The molecule has 1 rings (SSSR count). The van der Waals surface area contributed by atoms with E-state index < -0.39 is 53.0 Å². The molecule has 0 saturated carbocycles. The Morgan fingerprint density at radius 2 is 1.36 bits per heavy atom. The van der Waals surface area contributed by atoms with E-state index in [-0.39, 0.29) is 118 Å². The fraction of sp³-hybridized carbons (Fsp3) is 1.00. The number of phosphoric acid groups is 2. The molecule has 0 bridgehead atoms. The average molecular weight is 442 g/mol. The minimum absolute atomic E-state index is 0. The van der Waals surface area contributed by atoms with E-state index in [2.05, 4.69) is 13.8 Å². The van der Waals surface area contributed by atoms with E-state index in [0.717, 1.165) is 7.11 Å². The second kappa shape index (κ2) is 15.8. The van der Waals surface area contributed by atoms with Crippen molar-refractivity contribution in [2.45, 2.75) is 30.7 Å². The van der Waals surface area contributed by atoms with Crippen LogP contribution in [0.25, 0.3) is 0 Å². The van der Waals surface area contributed by atoms with Crippen molar-refractivity contribution in [1.29, 1.82) is 0 Å². The van der Waals surface area contributed by atoms with Gasteiger partial charge in [-0.15, -0.1) is 0 Å². The molecule has 2 N–H and O–H groups in total. The molecular formula is C7H12Na4O12P2. The maximum atomic E-state index is 10.7. The number of aliphatic hydroxyl groups excluding tert-OH is 2. The van der Waals surface area contributed by atoms with Gasteiger partial charge in [-0.3, -0.25) is 0 Å². The van der Waals surface area contributed by atoms with Crippen LogP contribution >= 0.6 is 15.6 Å². The van der Waals surface area contributed by atoms with Gasteiger partial charge < -0.3 is 57.4 Å². The summed E-state index contributed by atoms with van der Waals surface area (Å²) in [7, 11) is -10.3. The molecule has 1 aliphatic rings. The standard InChI is InChI=1S/C7H16O12P2.4Na/c1-16-7-4(9)6(19-21(13,14)15)5(3(2-8)17-7)18-20(10,11)12;;;;/h3-9H,2H2,1H3,(H2,10,11,12)(H2,13,14,15);;;;/q;4*+1/p-4/t3-,4-,5+,6-,7-;;;;/m1..../s1. The van der Waals surface area contributed by atoms with Gasteiger partial charge >= 0.3 is 118 Å². The Morgan fingerprint density at radius 3 is 1.68 bits per heavy atom. The van der Waals surface area contributed by atoms with Crippen LogP contribution < -0.4 is 138 Å². The van der Waals surface area contributed by atoms with E-state index in [9.17, 15) is 33.8 Å². The Hall–Kier alpha value is 4.06. The van der Waals surface area contributed by atoms with Gasteiger partial charge in [0.05, 0.1) is 22.3 Å². The maximum Gasteiger partial charge on any atom is 1.00 e. The summed E-state index contributed by atoms with van der Waals surface area (Å²) in [5.41, 5.74) is 0. The average Bonchev–Trinajstić information content (AvgIpc) is 2.31. The van der Waals surface area contributed by atoms with Crippen molar-refractivity contribution in [1.82, 2.24) is 0 Å². The Bertz CT molecular complexity index is 445. The third-order valence-electron chi connectivity index (χ3n) is 2.53. The van der Waals surface area contributed by atoms with Crippen LogP contribution in [0.5, 0.6) is 0 Å². The van der Waals surface area contributed by atoms with Gasteiger partial charge in [0, 0.05) is 7.11 Å². The van der Waals surface area contributed by atoms with Crippen molar-refractivity contribution >= 4 is 15.6 Å². The van der Waals surface area contributed by atoms with Gasteiger partial charge in [-0.2, -0.15) is 0 Å². The number of phosphoric ester groups is 2. The zero-order chi connectivity index (χ0) is 16.4. The minimum atomic E-state index is -5.67. The van der Waals surface area contributed by atoms with Crippen molar-refractivity contribution in [2.24, 2.45) is 0 Å². The molecule has 5 atom stereocenters. The third-order valence-corrected chi connectivity index (χ3v) is 3.53. The van der Waals surface area contributed by atoms with E-state index in [4.69, 9.17) is 9.84 Å². The smallest absolute Gasteiger partial charge is 0.790 e. The number of ether oxygens (including phenoxy) is 2. The Balaban J connectivity index is -0.000000551. The molecule has 0 spiro atoms. The maximum absolute atomic E-state index is 10.7. The van der Waals surface area contributed by atoms with Gasteiger partial charge in [0.15, 0.2) is 6.29 Å². The van der Waals surface area contributed by atoms with Crippen LogP contribution in [0, 0.1) is 0 Å². The Kier molecular flexibility index (Phi) is 23.0. The molecule has 25 heavy (non-hydrogen) atoms. The molecule has 12 nitrogen and oxygen atoms in total. The van der Waals surface area contributed by atoms with Crippen molar-refractivity contribution in [3.63, 3.8) is 0 Å². The van der Waals surface area contributed by atoms with Crippen LogP contribution in [0.4, 0.5) is 0 Å². The summed E-state index contributed by atoms with van der Waals surface area (Å²) in [6.07, 6.45) is -9.26. The first-order valence-electron chi connectivity index (χ1n) is 5.36. The molecule has 1 fully saturated rings. The topological polar surface area (TPSA) is 204 Å². The summed E-state index contributed by atoms with van der Waals surface area (Å²) in [6, 6.07) is 0. The number of hydrogen-bond donors (Lipinski definition) is 2. The molecule has 18 heteroatoms. The SMILES string of the molecule is CO[C@@H]1O[C@H](CO)[C@H](OP(=O)([O-])[O-])[C@H](OP(=O)([O-])[O-])[C@H]1O.[Na+].[Na+].[Na+].[Na+]. The van der Waals surface area contributed by atoms with Gasteiger partial charge in [-0.1, -0.05) is 0 Å². The van der Waals surface area contributed by atoms with Gasteiger partial charge in [0.2, 0.25) is 0 Å². The van der Waals surface area contributed by atoms with Crippen LogP contribution in [0.1, 0.15) is 0 Å². The van der Waals surface area contributed by atoms with Crippen LogP contribution in [-0.2, 0) is 27.7 Å². The predicted molar refractivity (Wildman–Crippen MR) is 53.7 cm³/mol. The van der Waals surface area contributed by atoms with Gasteiger partial charge in [0.25, 0.3) is 0 Å². The Morgan fingerprint density at radius 1 is 0.960 bits per heavy atom. The number of hydrogen-bond acceptors (Lipinski definition) is 12. The van der Waals surface area contributed by atoms with Gasteiger partial charge in [-0.25, -0.2) is 0 Å².